The Labute approximate surface area is 108 Å². The number of ether oxygens (including phenoxy) is 3. The Morgan fingerprint density at radius 2 is 2.17 bits per heavy atom. The quantitative estimate of drug-likeness (QED) is 0.538. The molecule has 0 aromatic carbocycles. The minimum atomic E-state index is -0.232. The summed E-state index contributed by atoms with van der Waals surface area (Å²) in [6.07, 6.45) is 4.94. The van der Waals surface area contributed by atoms with E-state index < -0.39 is 0 Å². The maximum absolute atomic E-state index is 11.7. The van der Waals surface area contributed by atoms with Gasteiger partial charge in [0.1, 0.15) is 12.2 Å². The molecule has 1 saturated heterocycles. The zero-order valence-electron chi connectivity index (χ0n) is 11.3. The minimum Gasteiger partial charge on any atom is -0.463 e. The molecule has 1 aliphatic heterocycles. The summed E-state index contributed by atoms with van der Waals surface area (Å²) in [6.45, 7) is 6.44. The van der Waals surface area contributed by atoms with Crippen molar-refractivity contribution in [2.45, 2.75) is 64.4 Å². The van der Waals surface area contributed by atoms with Gasteiger partial charge in [0, 0.05) is 12.0 Å². The summed E-state index contributed by atoms with van der Waals surface area (Å²) >= 11 is 0. The van der Waals surface area contributed by atoms with Gasteiger partial charge in [-0.05, 0) is 25.8 Å². The molecule has 0 bridgehead atoms. The molecule has 1 unspecified atom stereocenters. The van der Waals surface area contributed by atoms with Gasteiger partial charge >= 0.3 is 5.97 Å². The molecule has 0 amide bonds. The van der Waals surface area contributed by atoms with Crippen molar-refractivity contribution in [3.05, 3.63) is 11.6 Å². The predicted octanol–water partition coefficient (Wildman–Crippen LogP) is 2.22. The highest BCUT2D eigenvalue weighted by Gasteiger charge is 2.49. The zero-order chi connectivity index (χ0) is 13.1. The molecule has 1 aliphatic carbocycles. The molecule has 0 aromatic rings. The predicted molar refractivity (Wildman–Crippen MR) is 67.2 cm³/mol. The Balaban J connectivity index is 2.00. The number of esters is 1. The van der Waals surface area contributed by atoms with Gasteiger partial charge < -0.3 is 14.2 Å². The number of epoxide rings is 1. The fourth-order valence-electron chi connectivity index (χ4n) is 2.38. The van der Waals surface area contributed by atoms with Crippen LogP contribution in [0.25, 0.3) is 0 Å². The molecule has 2 rings (SSSR count). The summed E-state index contributed by atoms with van der Waals surface area (Å²) in [5.41, 5.74) is 0.701. The van der Waals surface area contributed by atoms with Crippen LogP contribution in [-0.2, 0) is 19.0 Å². The van der Waals surface area contributed by atoms with Crippen molar-refractivity contribution in [3.8, 4) is 0 Å². The van der Waals surface area contributed by atoms with E-state index in [0.29, 0.717) is 18.6 Å². The van der Waals surface area contributed by atoms with E-state index in [2.05, 4.69) is 13.8 Å². The SMILES string of the molecule is CCOC(=O)C1=C[C@@H](OC(CC)CC)C2O[C@H]2C1. The first-order valence-electron chi connectivity index (χ1n) is 6.88. The third-order valence-electron chi connectivity index (χ3n) is 3.53. The van der Waals surface area contributed by atoms with Gasteiger partial charge in [0.2, 0.25) is 0 Å². The standard InChI is InChI=1S/C14H22O4/c1-4-10(5-2)17-11-7-9(14(15)16-6-3)8-12-13(11)18-12/h7,10-13H,4-6,8H2,1-3H3/t11-,12+,13?/m1/s1. The van der Waals surface area contributed by atoms with Crippen molar-refractivity contribution in [2.24, 2.45) is 0 Å². The summed E-state index contributed by atoms with van der Waals surface area (Å²) in [4.78, 5) is 11.7. The summed E-state index contributed by atoms with van der Waals surface area (Å²) in [6, 6.07) is 0. The third kappa shape index (κ3) is 2.93. The molecule has 0 radical (unpaired) electrons. The first kappa shape index (κ1) is 13.6. The number of hydrogen-bond acceptors (Lipinski definition) is 4. The topological polar surface area (TPSA) is 48.1 Å². The van der Waals surface area contributed by atoms with E-state index in [1.165, 1.54) is 0 Å². The molecule has 1 fully saturated rings. The van der Waals surface area contributed by atoms with Crippen molar-refractivity contribution in [1.29, 1.82) is 0 Å². The van der Waals surface area contributed by atoms with Gasteiger partial charge in [-0.2, -0.15) is 0 Å². The molecule has 0 saturated carbocycles. The first-order valence-corrected chi connectivity index (χ1v) is 6.88. The van der Waals surface area contributed by atoms with Crippen LogP contribution in [0.15, 0.2) is 11.6 Å². The zero-order valence-corrected chi connectivity index (χ0v) is 11.3. The lowest BCUT2D eigenvalue weighted by atomic mass is 9.97. The maximum atomic E-state index is 11.7. The number of fused-ring (bicyclic) bond motifs is 1. The molecule has 1 heterocycles. The van der Waals surface area contributed by atoms with Crippen LogP contribution in [-0.4, -0.2) is 37.0 Å². The normalized spacial score (nSPS) is 29.8. The molecule has 0 spiro atoms. The van der Waals surface area contributed by atoms with Crippen LogP contribution in [0.4, 0.5) is 0 Å². The summed E-state index contributed by atoms with van der Waals surface area (Å²) < 4.78 is 16.6. The molecule has 0 N–H and O–H groups in total. The fourth-order valence-corrected chi connectivity index (χ4v) is 2.38. The van der Waals surface area contributed by atoms with E-state index in [-0.39, 0.29) is 30.4 Å². The third-order valence-corrected chi connectivity index (χ3v) is 3.53. The van der Waals surface area contributed by atoms with E-state index in [4.69, 9.17) is 14.2 Å². The average Bonchev–Trinajstić information content (AvgIpc) is 3.15. The van der Waals surface area contributed by atoms with E-state index in [1.54, 1.807) is 0 Å². The van der Waals surface area contributed by atoms with E-state index in [1.807, 2.05) is 13.0 Å². The van der Waals surface area contributed by atoms with Gasteiger partial charge in [-0.1, -0.05) is 13.8 Å². The lowest BCUT2D eigenvalue weighted by Gasteiger charge is -2.22. The second kappa shape index (κ2) is 5.85. The van der Waals surface area contributed by atoms with Crippen molar-refractivity contribution >= 4 is 5.97 Å². The monoisotopic (exact) mass is 254 g/mol. The molecule has 3 atom stereocenters. The van der Waals surface area contributed by atoms with Crippen LogP contribution in [0.3, 0.4) is 0 Å². The largest absolute Gasteiger partial charge is 0.463 e. The Bertz CT molecular complexity index is 333. The maximum Gasteiger partial charge on any atom is 0.333 e. The van der Waals surface area contributed by atoms with Gasteiger partial charge in [-0.15, -0.1) is 0 Å². The highest BCUT2D eigenvalue weighted by Crippen LogP contribution is 2.38. The van der Waals surface area contributed by atoms with Crippen LogP contribution in [0.1, 0.15) is 40.0 Å². The number of carbonyl (C=O) groups excluding carboxylic acids is 1. The molecular weight excluding hydrogens is 232 g/mol. The molecule has 2 aliphatic rings. The van der Waals surface area contributed by atoms with Gasteiger partial charge in [0.05, 0.1) is 18.8 Å². The van der Waals surface area contributed by atoms with Crippen molar-refractivity contribution in [3.63, 3.8) is 0 Å². The molecular formula is C14H22O4. The summed E-state index contributed by atoms with van der Waals surface area (Å²) in [7, 11) is 0. The Morgan fingerprint density at radius 3 is 2.78 bits per heavy atom. The van der Waals surface area contributed by atoms with Gasteiger partial charge in [-0.25, -0.2) is 4.79 Å². The Hall–Kier alpha value is -0.870. The van der Waals surface area contributed by atoms with E-state index in [9.17, 15) is 4.79 Å². The van der Waals surface area contributed by atoms with Crippen LogP contribution in [0.5, 0.6) is 0 Å². The van der Waals surface area contributed by atoms with Crippen LogP contribution in [0, 0.1) is 0 Å². The van der Waals surface area contributed by atoms with Gasteiger partial charge in [-0.3, -0.25) is 0 Å². The summed E-state index contributed by atoms with van der Waals surface area (Å²) in [5, 5.41) is 0. The second-order valence-corrected chi connectivity index (χ2v) is 4.79. The second-order valence-electron chi connectivity index (χ2n) is 4.79. The van der Waals surface area contributed by atoms with Crippen LogP contribution >= 0.6 is 0 Å². The Morgan fingerprint density at radius 1 is 1.44 bits per heavy atom. The highest BCUT2D eigenvalue weighted by atomic mass is 16.6. The lowest BCUT2D eigenvalue weighted by molar-refractivity contribution is -0.138. The number of rotatable bonds is 6. The molecule has 18 heavy (non-hydrogen) atoms. The molecule has 4 nitrogen and oxygen atoms in total. The lowest BCUT2D eigenvalue weighted by Crippen LogP contribution is -2.30. The van der Waals surface area contributed by atoms with E-state index >= 15 is 0 Å². The summed E-state index contributed by atoms with van der Waals surface area (Å²) in [5.74, 6) is -0.232. The van der Waals surface area contributed by atoms with Crippen molar-refractivity contribution in [2.75, 3.05) is 6.61 Å². The highest BCUT2D eigenvalue weighted by molar-refractivity contribution is 5.89. The average molecular weight is 254 g/mol. The Kier molecular flexibility index (Phi) is 4.40. The van der Waals surface area contributed by atoms with Crippen LogP contribution < -0.4 is 0 Å². The van der Waals surface area contributed by atoms with Crippen molar-refractivity contribution in [1.82, 2.24) is 0 Å². The molecule has 0 aromatic heterocycles. The number of carbonyl (C=O) groups is 1. The minimum absolute atomic E-state index is 0.0898. The van der Waals surface area contributed by atoms with Crippen LogP contribution in [0.2, 0.25) is 0 Å². The van der Waals surface area contributed by atoms with Crippen molar-refractivity contribution < 1.29 is 19.0 Å². The molecule has 4 heteroatoms. The van der Waals surface area contributed by atoms with Gasteiger partial charge in [0.25, 0.3) is 0 Å². The van der Waals surface area contributed by atoms with E-state index in [0.717, 1.165) is 12.8 Å². The van der Waals surface area contributed by atoms with Gasteiger partial charge in [0.15, 0.2) is 0 Å². The first-order chi connectivity index (χ1) is 8.69. The number of hydrogen-bond donors (Lipinski definition) is 0. The molecule has 102 valence electrons. The fraction of sp³-hybridized carbons (Fsp3) is 0.786. The smallest absolute Gasteiger partial charge is 0.333 e.